The molecule has 3 rings (SSSR count). The molecule has 17 heavy (non-hydrogen) atoms. The maximum atomic E-state index is 11.1. The highest BCUT2D eigenvalue weighted by Crippen LogP contribution is 2.23. The topological polar surface area (TPSA) is 45.6 Å². The van der Waals surface area contributed by atoms with Gasteiger partial charge < -0.3 is 0 Å². The van der Waals surface area contributed by atoms with Crippen molar-refractivity contribution in [1.29, 1.82) is 0 Å². The molecule has 0 unspecified atom stereocenters. The minimum atomic E-state index is 0.586. The van der Waals surface area contributed by atoms with Crippen molar-refractivity contribution in [3.05, 3.63) is 35.9 Å². The largest absolute Gasteiger partial charge is 0.298 e. The van der Waals surface area contributed by atoms with Crippen molar-refractivity contribution < 1.29 is 4.79 Å². The van der Waals surface area contributed by atoms with Crippen LogP contribution in [-0.4, -0.2) is 24.0 Å². The molecule has 4 nitrogen and oxygen atoms in total. The van der Waals surface area contributed by atoms with E-state index in [0.29, 0.717) is 11.4 Å². The van der Waals surface area contributed by atoms with E-state index < -0.39 is 0 Å². The molecule has 4 heteroatoms. The number of carbonyl (C=O) groups is 1. The summed E-state index contributed by atoms with van der Waals surface area (Å²) in [6.07, 6.45) is 3.57. The number of hydrogen-bond acceptors (Lipinski definition) is 4. The molecule has 0 fully saturated rings. The summed E-state index contributed by atoms with van der Waals surface area (Å²) in [4.78, 5) is 15.6. The second kappa shape index (κ2) is 3.97. The molecule has 0 aliphatic carbocycles. The molecule has 0 saturated heterocycles. The van der Waals surface area contributed by atoms with E-state index in [-0.39, 0.29) is 0 Å². The first kappa shape index (κ1) is 9.96. The molecular weight excluding hydrogens is 214 g/mol. The van der Waals surface area contributed by atoms with Crippen LogP contribution in [0, 0.1) is 0 Å². The molecule has 0 spiro atoms. The fraction of sp³-hybridized carbons (Fsp3) is 0.154. The van der Waals surface area contributed by atoms with Crippen LogP contribution in [0.1, 0.15) is 16.8 Å². The molecule has 1 aliphatic rings. The molecular formula is C13H11N3O. The van der Waals surface area contributed by atoms with Crippen LogP contribution in [0.2, 0.25) is 0 Å². The average molecular weight is 225 g/mol. The van der Waals surface area contributed by atoms with Crippen LogP contribution < -0.4 is 5.01 Å². The number of fused-ring (bicyclic) bond motifs is 1. The Morgan fingerprint density at radius 2 is 2.18 bits per heavy atom. The molecule has 0 N–H and O–H groups in total. The summed E-state index contributed by atoms with van der Waals surface area (Å²) in [5.74, 6) is 0.646. The lowest BCUT2D eigenvalue weighted by Crippen LogP contribution is -2.15. The van der Waals surface area contributed by atoms with E-state index in [0.717, 1.165) is 30.2 Å². The number of carbonyl (C=O) groups excluding carboxylic acids is 1. The van der Waals surface area contributed by atoms with Crippen LogP contribution >= 0.6 is 0 Å². The zero-order chi connectivity index (χ0) is 11.7. The van der Waals surface area contributed by atoms with E-state index in [1.165, 1.54) is 0 Å². The number of para-hydroxylation sites is 1. The minimum absolute atomic E-state index is 0.586. The lowest BCUT2D eigenvalue weighted by atomic mass is 10.1. The first-order chi connectivity index (χ1) is 8.38. The van der Waals surface area contributed by atoms with Gasteiger partial charge in [0.15, 0.2) is 12.1 Å². The quantitative estimate of drug-likeness (QED) is 0.736. The van der Waals surface area contributed by atoms with Gasteiger partial charge in [-0.05, 0) is 12.1 Å². The molecule has 0 amide bonds. The number of aromatic nitrogens is 1. The monoisotopic (exact) mass is 225 g/mol. The first-order valence-electron chi connectivity index (χ1n) is 5.53. The number of benzene rings is 1. The molecule has 84 valence electrons. The number of anilines is 1. The summed E-state index contributed by atoms with van der Waals surface area (Å²) in [6.45, 7) is 0.784. The minimum Gasteiger partial charge on any atom is -0.298 e. The summed E-state index contributed by atoms with van der Waals surface area (Å²) in [6, 6.07) is 9.62. The van der Waals surface area contributed by atoms with Gasteiger partial charge >= 0.3 is 0 Å². The van der Waals surface area contributed by atoms with Gasteiger partial charge in [-0.3, -0.25) is 4.79 Å². The van der Waals surface area contributed by atoms with Gasteiger partial charge in [0, 0.05) is 24.6 Å². The number of rotatable bonds is 2. The normalized spacial score (nSPS) is 14.5. The maximum absolute atomic E-state index is 11.1. The summed E-state index contributed by atoms with van der Waals surface area (Å²) in [5, 5.41) is 6.96. The van der Waals surface area contributed by atoms with Gasteiger partial charge in [-0.1, -0.05) is 18.2 Å². The highest BCUT2D eigenvalue weighted by atomic mass is 16.1. The molecule has 0 saturated carbocycles. The number of pyridine rings is 1. The van der Waals surface area contributed by atoms with E-state index in [9.17, 15) is 4.79 Å². The standard InChI is InChI=1S/C13H11N3O/c17-9-11-8-10-4-1-2-5-12(10)15-13(11)16-7-3-6-14-16/h1-2,4-6,8-9H,3,7H2. The maximum Gasteiger partial charge on any atom is 0.160 e. The Morgan fingerprint density at radius 1 is 1.29 bits per heavy atom. The number of hydrogen-bond donors (Lipinski definition) is 0. The van der Waals surface area contributed by atoms with Crippen molar-refractivity contribution in [3.8, 4) is 0 Å². The predicted octanol–water partition coefficient (Wildman–Crippen LogP) is 2.24. The molecule has 0 bridgehead atoms. The Hall–Kier alpha value is -2.23. The van der Waals surface area contributed by atoms with Gasteiger partial charge in [0.1, 0.15) is 0 Å². The van der Waals surface area contributed by atoms with Crippen LogP contribution in [0.15, 0.2) is 35.4 Å². The van der Waals surface area contributed by atoms with Crippen molar-refractivity contribution in [3.63, 3.8) is 0 Å². The Bertz CT molecular complexity index is 607. The van der Waals surface area contributed by atoms with Crippen LogP contribution in [-0.2, 0) is 0 Å². The van der Waals surface area contributed by atoms with Crippen molar-refractivity contribution in [2.45, 2.75) is 6.42 Å². The van der Waals surface area contributed by atoms with E-state index >= 15 is 0 Å². The summed E-state index contributed by atoms with van der Waals surface area (Å²) in [5.41, 5.74) is 1.47. The third-order valence-corrected chi connectivity index (χ3v) is 2.79. The van der Waals surface area contributed by atoms with E-state index in [1.807, 2.05) is 36.5 Å². The molecule has 0 atom stereocenters. The zero-order valence-corrected chi connectivity index (χ0v) is 9.21. The molecule has 2 heterocycles. The van der Waals surface area contributed by atoms with Gasteiger partial charge in [-0.25, -0.2) is 9.99 Å². The highest BCUT2D eigenvalue weighted by molar-refractivity contribution is 5.92. The fourth-order valence-corrected chi connectivity index (χ4v) is 1.97. The van der Waals surface area contributed by atoms with Gasteiger partial charge in [-0.2, -0.15) is 5.10 Å². The third-order valence-electron chi connectivity index (χ3n) is 2.79. The van der Waals surface area contributed by atoms with Crippen LogP contribution in [0.4, 0.5) is 5.82 Å². The first-order valence-corrected chi connectivity index (χ1v) is 5.53. The number of nitrogens with zero attached hydrogens (tertiary/aromatic N) is 3. The lowest BCUT2D eigenvalue weighted by molar-refractivity contribution is 0.112. The number of hydrazone groups is 1. The van der Waals surface area contributed by atoms with E-state index in [1.54, 1.807) is 5.01 Å². The Labute approximate surface area is 98.6 Å². The van der Waals surface area contributed by atoms with Crippen LogP contribution in [0.5, 0.6) is 0 Å². The van der Waals surface area contributed by atoms with Gasteiger partial charge in [0.05, 0.1) is 11.1 Å². The lowest BCUT2D eigenvalue weighted by Gasteiger charge is -2.15. The second-order valence-corrected chi connectivity index (χ2v) is 3.92. The van der Waals surface area contributed by atoms with Crippen molar-refractivity contribution in [2.24, 2.45) is 5.10 Å². The molecule has 1 aliphatic heterocycles. The van der Waals surface area contributed by atoms with Crippen LogP contribution in [0.3, 0.4) is 0 Å². The fourth-order valence-electron chi connectivity index (χ4n) is 1.97. The van der Waals surface area contributed by atoms with Gasteiger partial charge in [0.2, 0.25) is 0 Å². The molecule has 2 aromatic rings. The van der Waals surface area contributed by atoms with Crippen LogP contribution in [0.25, 0.3) is 10.9 Å². The average Bonchev–Trinajstić information content (AvgIpc) is 2.91. The highest BCUT2D eigenvalue weighted by Gasteiger charge is 2.15. The van der Waals surface area contributed by atoms with Gasteiger partial charge in [-0.15, -0.1) is 0 Å². The van der Waals surface area contributed by atoms with Crippen molar-refractivity contribution >= 4 is 29.2 Å². The summed E-state index contributed by atoms with van der Waals surface area (Å²) >= 11 is 0. The Kier molecular flexibility index (Phi) is 2.33. The van der Waals surface area contributed by atoms with Crippen molar-refractivity contribution in [2.75, 3.05) is 11.6 Å². The van der Waals surface area contributed by atoms with Gasteiger partial charge in [0.25, 0.3) is 0 Å². The van der Waals surface area contributed by atoms with Crippen molar-refractivity contribution in [1.82, 2.24) is 4.98 Å². The molecule has 0 radical (unpaired) electrons. The Morgan fingerprint density at radius 3 is 2.94 bits per heavy atom. The smallest absolute Gasteiger partial charge is 0.160 e. The third kappa shape index (κ3) is 1.67. The molecule has 1 aromatic heterocycles. The summed E-state index contributed by atoms with van der Waals surface area (Å²) in [7, 11) is 0. The zero-order valence-electron chi connectivity index (χ0n) is 9.21. The summed E-state index contributed by atoms with van der Waals surface area (Å²) < 4.78 is 0. The van der Waals surface area contributed by atoms with E-state index in [4.69, 9.17) is 0 Å². The number of aldehydes is 1. The Balaban J connectivity index is 2.21. The second-order valence-electron chi connectivity index (χ2n) is 3.92. The SMILES string of the molecule is O=Cc1cc2ccccc2nc1N1CCC=N1. The van der Waals surface area contributed by atoms with E-state index in [2.05, 4.69) is 10.1 Å². The molecule has 1 aromatic carbocycles. The predicted molar refractivity (Wildman–Crippen MR) is 67.6 cm³/mol.